The van der Waals surface area contributed by atoms with Crippen LogP contribution in [0, 0.1) is 6.92 Å². The van der Waals surface area contributed by atoms with E-state index in [9.17, 15) is 14.4 Å². The lowest BCUT2D eigenvalue weighted by Gasteiger charge is -2.16. The zero-order chi connectivity index (χ0) is 19.1. The lowest BCUT2D eigenvalue weighted by atomic mass is 10.1. The number of anilines is 1. The number of carbonyl (C=O) groups excluding carboxylic acids is 3. The van der Waals surface area contributed by atoms with Gasteiger partial charge >= 0.3 is 5.97 Å². The van der Waals surface area contributed by atoms with Crippen LogP contribution < -0.4 is 10.6 Å². The number of nitrogens with one attached hydrogen (secondary N) is 2. The first-order chi connectivity index (χ1) is 12.5. The highest BCUT2D eigenvalue weighted by Crippen LogP contribution is 2.17. The van der Waals surface area contributed by atoms with Gasteiger partial charge in [-0.15, -0.1) is 0 Å². The summed E-state index contributed by atoms with van der Waals surface area (Å²) in [6, 6.07) is 13.0. The van der Waals surface area contributed by atoms with Gasteiger partial charge in [-0.2, -0.15) is 0 Å². The Morgan fingerprint density at radius 3 is 2.27 bits per heavy atom. The molecule has 0 aliphatic heterocycles. The normalized spacial score (nSPS) is 11.3. The largest absolute Gasteiger partial charge is 0.467 e. The topological polar surface area (TPSA) is 84.5 Å². The molecule has 0 aromatic heterocycles. The number of carbonyl (C=O) groups is 3. The summed E-state index contributed by atoms with van der Waals surface area (Å²) in [4.78, 5) is 36.6. The van der Waals surface area contributed by atoms with Crippen LogP contribution in [-0.2, 0) is 9.53 Å². The fourth-order valence-electron chi connectivity index (χ4n) is 2.40. The molecule has 136 valence electrons. The molecule has 0 bridgehead atoms. The first kappa shape index (κ1) is 19.2. The number of rotatable bonds is 6. The van der Waals surface area contributed by atoms with Crippen molar-refractivity contribution < 1.29 is 19.1 Å². The Morgan fingerprint density at radius 1 is 1.00 bits per heavy atom. The third-order valence-electron chi connectivity index (χ3n) is 3.93. The Morgan fingerprint density at radius 2 is 1.65 bits per heavy atom. The third kappa shape index (κ3) is 4.69. The van der Waals surface area contributed by atoms with E-state index in [1.807, 2.05) is 19.1 Å². The minimum Gasteiger partial charge on any atom is -0.467 e. The van der Waals surface area contributed by atoms with Crippen LogP contribution in [0.1, 0.15) is 39.6 Å². The van der Waals surface area contributed by atoms with Crippen molar-refractivity contribution >= 4 is 23.5 Å². The lowest BCUT2D eigenvalue weighted by molar-refractivity contribution is -0.142. The Kier molecular flexibility index (Phi) is 6.49. The van der Waals surface area contributed by atoms with E-state index in [2.05, 4.69) is 15.4 Å². The van der Waals surface area contributed by atoms with Crippen molar-refractivity contribution in [1.82, 2.24) is 5.32 Å². The maximum absolute atomic E-state index is 12.5. The van der Waals surface area contributed by atoms with Gasteiger partial charge in [-0.05, 0) is 37.6 Å². The summed E-state index contributed by atoms with van der Waals surface area (Å²) in [6.45, 7) is 3.71. The number of esters is 1. The molecule has 2 aromatic carbocycles. The molecule has 0 spiro atoms. The highest BCUT2D eigenvalue weighted by molar-refractivity contribution is 6.09. The van der Waals surface area contributed by atoms with Crippen LogP contribution >= 0.6 is 0 Å². The SMILES string of the molecule is CC[C@H](NC(=O)c1ccccc1NC(=O)c1ccc(C)cc1)C(=O)OC. The highest BCUT2D eigenvalue weighted by atomic mass is 16.5. The summed E-state index contributed by atoms with van der Waals surface area (Å²) in [5, 5.41) is 5.38. The van der Waals surface area contributed by atoms with Crippen LogP contribution in [0.2, 0.25) is 0 Å². The van der Waals surface area contributed by atoms with Crippen LogP contribution in [0.3, 0.4) is 0 Å². The predicted molar refractivity (Wildman–Crippen MR) is 99.1 cm³/mol. The second-order valence-corrected chi connectivity index (χ2v) is 5.82. The molecule has 2 amide bonds. The zero-order valence-electron chi connectivity index (χ0n) is 15.0. The van der Waals surface area contributed by atoms with Crippen molar-refractivity contribution in [2.45, 2.75) is 26.3 Å². The van der Waals surface area contributed by atoms with Gasteiger partial charge in [0.1, 0.15) is 6.04 Å². The molecule has 6 nitrogen and oxygen atoms in total. The van der Waals surface area contributed by atoms with Gasteiger partial charge in [-0.3, -0.25) is 9.59 Å². The number of hydrogen-bond acceptors (Lipinski definition) is 4. The molecule has 2 rings (SSSR count). The standard InChI is InChI=1S/C20H22N2O4/c1-4-16(20(25)26-3)21-19(24)15-7-5-6-8-17(15)22-18(23)14-11-9-13(2)10-12-14/h5-12,16H,4H2,1-3H3,(H,21,24)(H,22,23)/t16-/m0/s1. The molecule has 1 atom stereocenters. The zero-order valence-corrected chi connectivity index (χ0v) is 15.0. The first-order valence-electron chi connectivity index (χ1n) is 8.32. The van der Waals surface area contributed by atoms with Crippen molar-refractivity contribution in [3.05, 3.63) is 65.2 Å². The second kappa shape index (κ2) is 8.80. The van der Waals surface area contributed by atoms with Crippen LogP contribution in [0.15, 0.2) is 48.5 Å². The van der Waals surface area contributed by atoms with Crippen molar-refractivity contribution in [3.8, 4) is 0 Å². The van der Waals surface area contributed by atoms with Crippen molar-refractivity contribution in [2.75, 3.05) is 12.4 Å². The molecular formula is C20H22N2O4. The molecule has 0 heterocycles. The molecule has 0 aliphatic rings. The number of methoxy groups -OCH3 is 1. The predicted octanol–water partition coefficient (Wildman–Crippen LogP) is 2.93. The van der Waals surface area contributed by atoms with Gasteiger partial charge in [0, 0.05) is 5.56 Å². The number of ether oxygens (including phenoxy) is 1. The molecular weight excluding hydrogens is 332 g/mol. The van der Waals surface area contributed by atoms with Crippen LogP contribution in [0.4, 0.5) is 5.69 Å². The van der Waals surface area contributed by atoms with Gasteiger partial charge in [0.05, 0.1) is 18.4 Å². The molecule has 0 radical (unpaired) electrons. The van der Waals surface area contributed by atoms with E-state index < -0.39 is 17.9 Å². The van der Waals surface area contributed by atoms with E-state index >= 15 is 0 Å². The van der Waals surface area contributed by atoms with Gasteiger partial charge in [-0.25, -0.2) is 4.79 Å². The molecule has 0 aliphatic carbocycles. The molecule has 0 fully saturated rings. The monoisotopic (exact) mass is 354 g/mol. The summed E-state index contributed by atoms with van der Waals surface area (Å²) < 4.78 is 4.68. The average molecular weight is 354 g/mol. The molecule has 2 N–H and O–H groups in total. The quantitative estimate of drug-likeness (QED) is 0.781. The summed E-state index contributed by atoms with van der Waals surface area (Å²) in [7, 11) is 1.27. The second-order valence-electron chi connectivity index (χ2n) is 5.82. The highest BCUT2D eigenvalue weighted by Gasteiger charge is 2.22. The fourth-order valence-corrected chi connectivity index (χ4v) is 2.40. The van der Waals surface area contributed by atoms with E-state index in [1.165, 1.54) is 7.11 Å². The summed E-state index contributed by atoms with van der Waals surface area (Å²) in [5.41, 5.74) is 2.19. The van der Waals surface area contributed by atoms with Crippen LogP contribution in [-0.4, -0.2) is 30.9 Å². The first-order valence-corrected chi connectivity index (χ1v) is 8.32. The lowest BCUT2D eigenvalue weighted by Crippen LogP contribution is -2.41. The van der Waals surface area contributed by atoms with Gasteiger partial charge < -0.3 is 15.4 Å². The van der Waals surface area contributed by atoms with Crippen LogP contribution in [0.5, 0.6) is 0 Å². The molecule has 0 saturated carbocycles. The van der Waals surface area contributed by atoms with Crippen molar-refractivity contribution in [3.63, 3.8) is 0 Å². The molecule has 6 heteroatoms. The Hall–Kier alpha value is -3.15. The Bertz CT molecular complexity index is 800. The summed E-state index contributed by atoms with van der Waals surface area (Å²) in [5.74, 6) is -1.28. The van der Waals surface area contributed by atoms with Gasteiger partial charge in [0.15, 0.2) is 0 Å². The molecule has 0 saturated heterocycles. The smallest absolute Gasteiger partial charge is 0.328 e. The maximum atomic E-state index is 12.5. The van der Waals surface area contributed by atoms with Gasteiger partial charge in [0.2, 0.25) is 0 Å². The minimum atomic E-state index is -0.742. The van der Waals surface area contributed by atoms with E-state index in [1.54, 1.807) is 43.3 Å². The van der Waals surface area contributed by atoms with E-state index in [-0.39, 0.29) is 11.5 Å². The van der Waals surface area contributed by atoms with Crippen LogP contribution in [0.25, 0.3) is 0 Å². The maximum Gasteiger partial charge on any atom is 0.328 e. The summed E-state index contributed by atoms with van der Waals surface area (Å²) >= 11 is 0. The third-order valence-corrected chi connectivity index (χ3v) is 3.93. The van der Waals surface area contributed by atoms with E-state index in [0.717, 1.165) is 5.56 Å². The minimum absolute atomic E-state index is 0.273. The number of para-hydroxylation sites is 1. The van der Waals surface area contributed by atoms with E-state index in [0.29, 0.717) is 17.7 Å². The number of hydrogen-bond donors (Lipinski definition) is 2. The number of benzene rings is 2. The van der Waals surface area contributed by atoms with Gasteiger partial charge in [0.25, 0.3) is 11.8 Å². The van der Waals surface area contributed by atoms with Crippen molar-refractivity contribution in [2.24, 2.45) is 0 Å². The van der Waals surface area contributed by atoms with E-state index in [4.69, 9.17) is 0 Å². The number of aryl methyl sites for hydroxylation is 1. The van der Waals surface area contributed by atoms with Gasteiger partial charge in [-0.1, -0.05) is 36.8 Å². The fraction of sp³-hybridized carbons (Fsp3) is 0.250. The Labute approximate surface area is 152 Å². The average Bonchev–Trinajstić information content (AvgIpc) is 2.66. The molecule has 2 aromatic rings. The van der Waals surface area contributed by atoms with Crippen molar-refractivity contribution in [1.29, 1.82) is 0 Å². The number of amides is 2. The molecule has 0 unspecified atom stereocenters. The Balaban J connectivity index is 2.18. The summed E-state index contributed by atoms with van der Waals surface area (Å²) in [6.07, 6.45) is 0.399. The molecule has 26 heavy (non-hydrogen) atoms.